The van der Waals surface area contributed by atoms with Crippen molar-refractivity contribution in [3.63, 3.8) is 0 Å². The first-order chi connectivity index (χ1) is 15.9. The van der Waals surface area contributed by atoms with Gasteiger partial charge in [-0.05, 0) is 61.5 Å². The monoisotopic (exact) mass is 467 g/mol. The van der Waals surface area contributed by atoms with Crippen LogP contribution in [0.2, 0.25) is 0 Å². The summed E-state index contributed by atoms with van der Waals surface area (Å²) in [6.45, 7) is 4.03. The van der Waals surface area contributed by atoms with E-state index in [0.717, 1.165) is 36.3 Å². The Balaban J connectivity index is 1.61. The fourth-order valence-corrected chi connectivity index (χ4v) is 4.25. The van der Waals surface area contributed by atoms with Crippen molar-refractivity contribution in [2.45, 2.75) is 30.8 Å². The van der Waals surface area contributed by atoms with Gasteiger partial charge in [-0.15, -0.1) is 0 Å². The largest absolute Gasteiger partial charge is 0.494 e. The van der Waals surface area contributed by atoms with Crippen molar-refractivity contribution in [2.24, 2.45) is 5.14 Å². The minimum atomic E-state index is -2.81. The summed E-state index contributed by atoms with van der Waals surface area (Å²) in [4.78, 5) is 9.67. The van der Waals surface area contributed by atoms with Crippen molar-refractivity contribution in [3.05, 3.63) is 54.7 Å². The fraction of sp³-hybridized carbons (Fsp3) is 0.292. The summed E-state index contributed by atoms with van der Waals surface area (Å²) in [6.07, 6.45) is 4.04. The minimum absolute atomic E-state index is 0.163. The Morgan fingerprint density at radius 1 is 1.27 bits per heavy atom. The number of rotatable bonds is 9. The van der Waals surface area contributed by atoms with Gasteiger partial charge in [0.1, 0.15) is 11.6 Å². The molecule has 4 rings (SSSR count). The van der Waals surface area contributed by atoms with Gasteiger partial charge < -0.3 is 20.1 Å². The molecule has 2 heterocycles. The van der Waals surface area contributed by atoms with E-state index in [0.29, 0.717) is 35.5 Å². The van der Waals surface area contributed by atoms with E-state index in [2.05, 4.69) is 21.5 Å². The molecule has 2 atom stereocenters. The van der Waals surface area contributed by atoms with E-state index < -0.39 is 9.71 Å². The lowest BCUT2D eigenvalue weighted by molar-refractivity contribution is 0.120. The number of anilines is 3. The first-order valence-electron chi connectivity index (χ1n) is 10.9. The zero-order chi connectivity index (χ0) is 23.3. The summed E-state index contributed by atoms with van der Waals surface area (Å²) in [5.74, 6) is 5.46. The molecule has 9 heteroatoms. The Bertz CT molecular complexity index is 1190. The molecule has 1 saturated heterocycles. The second kappa shape index (κ2) is 10.2. The normalized spacial score (nSPS) is 17.3. The lowest BCUT2D eigenvalue weighted by Gasteiger charge is -2.16. The number of hydrogen-bond acceptors (Lipinski definition) is 7. The van der Waals surface area contributed by atoms with Crippen LogP contribution in [-0.2, 0) is 14.4 Å². The molecule has 4 N–H and O–H groups in total. The lowest BCUT2D eigenvalue weighted by atomic mass is 10.1. The Kier molecular flexibility index (Phi) is 7.12. The van der Waals surface area contributed by atoms with Gasteiger partial charge in [-0.2, -0.15) is 4.98 Å². The molecule has 33 heavy (non-hydrogen) atoms. The lowest BCUT2D eigenvalue weighted by Crippen LogP contribution is -2.19. The number of nitrogens with two attached hydrogens (primary N) is 1. The van der Waals surface area contributed by atoms with Crippen molar-refractivity contribution in [3.8, 4) is 16.9 Å². The summed E-state index contributed by atoms with van der Waals surface area (Å²) in [7, 11) is -2.81. The Morgan fingerprint density at radius 2 is 2.09 bits per heavy atom. The maximum atomic E-state index is 12.1. The highest BCUT2D eigenvalue weighted by Crippen LogP contribution is 2.29. The molecule has 2 unspecified atom stereocenters. The van der Waals surface area contributed by atoms with Gasteiger partial charge in [-0.3, -0.25) is 5.14 Å². The molecule has 0 amide bonds. The molecular formula is C24H29N5O3S. The van der Waals surface area contributed by atoms with Crippen molar-refractivity contribution in [1.82, 2.24) is 9.97 Å². The number of nitrogens with one attached hydrogen (secondary N) is 2. The van der Waals surface area contributed by atoms with E-state index in [1.807, 2.05) is 37.3 Å². The molecular weight excluding hydrogens is 438 g/mol. The molecule has 1 fully saturated rings. The van der Waals surface area contributed by atoms with Gasteiger partial charge in [0, 0.05) is 35.5 Å². The summed E-state index contributed by atoms with van der Waals surface area (Å²) < 4.78 is 23.4. The molecule has 0 saturated carbocycles. The molecule has 1 aromatic heterocycles. The highest BCUT2D eigenvalue weighted by atomic mass is 32.2. The van der Waals surface area contributed by atoms with Crippen LogP contribution in [-0.4, -0.2) is 45.9 Å². The molecule has 8 nitrogen and oxygen atoms in total. The molecule has 0 aliphatic carbocycles. The van der Waals surface area contributed by atoms with Crippen LogP contribution in [0.1, 0.15) is 19.8 Å². The molecule has 2 aromatic carbocycles. The van der Waals surface area contributed by atoms with Crippen LogP contribution in [0.4, 0.5) is 17.5 Å². The molecule has 0 bridgehead atoms. The van der Waals surface area contributed by atoms with Crippen molar-refractivity contribution in [2.75, 3.05) is 30.4 Å². The molecule has 3 aromatic rings. The third kappa shape index (κ3) is 6.01. The predicted octanol–water partition coefficient (Wildman–Crippen LogP) is 3.83. The van der Waals surface area contributed by atoms with Crippen molar-refractivity contribution >= 4 is 33.0 Å². The van der Waals surface area contributed by atoms with Crippen LogP contribution >= 0.6 is 0 Å². The maximum absolute atomic E-state index is 12.1. The summed E-state index contributed by atoms with van der Waals surface area (Å²) >= 11 is 0. The number of aromatic nitrogens is 2. The first kappa shape index (κ1) is 23.0. The third-order valence-corrected chi connectivity index (χ3v) is 6.33. The van der Waals surface area contributed by atoms with Crippen LogP contribution in [0, 0.1) is 0 Å². The van der Waals surface area contributed by atoms with Crippen LogP contribution < -0.4 is 20.5 Å². The highest BCUT2D eigenvalue weighted by Gasteiger charge is 2.17. The predicted molar refractivity (Wildman–Crippen MR) is 134 cm³/mol. The number of nitrogens with zero attached hydrogens (tertiary/aromatic N) is 2. The Hall–Kier alpha value is -3.14. The van der Waals surface area contributed by atoms with Crippen LogP contribution in [0.5, 0.6) is 5.75 Å². The van der Waals surface area contributed by atoms with E-state index in [-0.39, 0.29) is 6.10 Å². The van der Waals surface area contributed by atoms with Gasteiger partial charge in [-0.1, -0.05) is 18.2 Å². The van der Waals surface area contributed by atoms with Crippen molar-refractivity contribution in [1.29, 1.82) is 0 Å². The SMILES string of the molecule is C=S(N)(=O)c1cccc(Nc2ncc(-c3ccc(OCC)cc3)c(NCC3CCCO3)n2)c1. The van der Waals surface area contributed by atoms with Gasteiger partial charge >= 0.3 is 0 Å². The Labute approximate surface area is 194 Å². The minimum Gasteiger partial charge on any atom is -0.494 e. The zero-order valence-electron chi connectivity index (χ0n) is 18.6. The summed E-state index contributed by atoms with van der Waals surface area (Å²) in [5, 5.41) is 12.3. The maximum Gasteiger partial charge on any atom is 0.229 e. The molecule has 0 spiro atoms. The van der Waals surface area contributed by atoms with Crippen molar-refractivity contribution < 1.29 is 13.7 Å². The number of benzene rings is 2. The second-order valence-electron chi connectivity index (χ2n) is 7.81. The van der Waals surface area contributed by atoms with Gasteiger partial charge in [0.2, 0.25) is 5.95 Å². The second-order valence-corrected chi connectivity index (χ2v) is 9.73. The Morgan fingerprint density at radius 3 is 2.79 bits per heavy atom. The van der Waals surface area contributed by atoms with Crippen LogP contribution in [0.15, 0.2) is 59.6 Å². The molecule has 1 aliphatic rings. The van der Waals surface area contributed by atoms with Crippen LogP contribution in [0.25, 0.3) is 11.1 Å². The quantitative estimate of drug-likeness (QED) is 0.410. The molecule has 1 aliphatic heterocycles. The average molecular weight is 468 g/mol. The van der Waals surface area contributed by atoms with E-state index >= 15 is 0 Å². The van der Waals surface area contributed by atoms with E-state index in [1.165, 1.54) is 0 Å². The van der Waals surface area contributed by atoms with Gasteiger partial charge in [0.05, 0.1) is 22.4 Å². The molecule has 0 radical (unpaired) electrons. The highest BCUT2D eigenvalue weighted by molar-refractivity contribution is 7.98. The van der Waals surface area contributed by atoms with Crippen LogP contribution in [0.3, 0.4) is 0 Å². The summed E-state index contributed by atoms with van der Waals surface area (Å²) in [6, 6.07) is 14.8. The molecule has 174 valence electrons. The number of hydrogen-bond donors (Lipinski definition) is 3. The first-order valence-corrected chi connectivity index (χ1v) is 12.7. The average Bonchev–Trinajstić information content (AvgIpc) is 3.32. The van der Waals surface area contributed by atoms with Gasteiger partial charge in [0.15, 0.2) is 0 Å². The van der Waals surface area contributed by atoms with E-state index in [9.17, 15) is 4.21 Å². The summed E-state index contributed by atoms with van der Waals surface area (Å²) in [5.41, 5.74) is 2.52. The topological polar surface area (TPSA) is 111 Å². The standard InChI is InChI=1S/C24H29N5O3S/c1-3-31-19-11-9-17(10-12-19)22-16-27-24(29-23(22)26-15-20-7-5-13-32-20)28-18-6-4-8-21(14-18)33(2,25)30/h4,6,8-12,14,16,20H,2-3,5,7,13,15H2,1H3,(H2,25,30)(H2,26,27,28,29). The number of ether oxygens (including phenoxy) is 2. The fourth-order valence-electron chi connectivity index (χ4n) is 3.62. The van der Waals surface area contributed by atoms with Gasteiger partial charge in [0.25, 0.3) is 0 Å². The third-order valence-electron chi connectivity index (χ3n) is 5.28. The zero-order valence-corrected chi connectivity index (χ0v) is 19.4. The van der Waals surface area contributed by atoms with Gasteiger partial charge in [-0.25, -0.2) is 9.19 Å². The smallest absolute Gasteiger partial charge is 0.229 e. The van der Waals surface area contributed by atoms with E-state index in [4.69, 9.17) is 19.6 Å². The van der Waals surface area contributed by atoms with E-state index in [1.54, 1.807) is 24.4 Å².